The van der Waals surface area contributed by atoms with Crippen LogP contribution in [0.5, 0.6) is 5.75 Å². The lowest BCUT2D eigenvalue weighted by Gasteiger charge is -2.38. The Labute approximate surface area is 183 Å². The minimum Gasteiger partial charge on any atom is -0.434 e. The van der Waals surface area contributed by atoms with Crippen LogP contribution in [-0.4, -0.2) is 36.6 Å². The number of thiocarbonyl (C=S) groups is 1. The van der Waals surface area contributed by atoms with Crippen LogP contribution in [0.25, 0.3) is 0 Å². The monoisotopic (exact) mass is 451 g/mol. The van der Waals surface area contributed by atoms with Crippen LogP contribution in [0.2, 0.25) is 5.02 Å². The van der Waals surface area contributed by atoms with Gasteiger partial charge in [0.25, 0.3) is 5.91 Å². The predicted octanol–water partition coefficient (Wildman–Crippen LogP) is 4.74. The van der Waals surface area contributed by atoms with Gasteiger partial charge in [0, 0.05) is 36.1 Å². The van der Waals surface area contributed by atoms with E-state index in [1.54, 1.807) is 68.4 Å². The second-order valence-corrected chi connectivity index (χ2v) is 7.63. The number of nitrogens with one attached hydrogen (secondary N) is 1. The van der Waals surface area contributed by atoms with E-state index in [-0.39, 0.29) is 11.7 Å². The zero-order valence-corrected chi connectivity index (χ0v) is 18.1. The summed E-state index contributed by atoms with van der Waals surface area (Å²) in [7, 11) is 3.25. The van der Waals surface area contributed by atoms with E-state index in [9.17, 15) is 13.6 Å². The van der Waals surface area contributed by atoms with E-state index >= 15 is 0 Å². The highest BCUT2D eigenvalue weighted by Gasteiger charge is 2.36. The molecule has 5 nitrogen and oxygen atoms in total. The highest BCUT2D eigenvalue weighted by atomic mass is 35.5. The summed E-state index contributed by atoms with van der Waals surface area (Å²) in [6.07, 6.45) is 0. The number of amides is 1. The first kappa shape index (κ1) is 22.0. The molecule has 3 rings (SSSR count). The summed E-state index contributed by atoms with van der Waals surface area (Å²) in [5.41, 5.74) is 2.06. The average Bonchev–Trinajstić information content (AvgIpc) is 2.68. The van der Waals surface area contributed by atoms with Gasteiger partial charge in [-0.3, -0.25) is 9.69 Å². The van der Waals surface area contributed by atoms with E-state index in [2.05, 4.69) is 10.1 Å². The van der Waals surface area contributed by atoms with Crippen LogP contribution in [0, 0.1) is 0 Å². The molecular weight excluding hydrogens is 432 g/mol. The number of alkyl halides is 2. The van der Waals surface area contributed by atoms with E-state index in [0.29, 0.717) is 32.7 Å². The standard InChI is InChI=1S/C21H20ClF2N3O2S/c1-12-17(19(28)26(2)3)18(15-6-4-5-7-16(15)29-20(23)24)25-21(30)27(12)14-10-8-13(22)9-11-14/h4-11,18,20H,1-3H3,(H,25,30). The van der Waals surface area contributed by atoms with Crippen molar-refractivity contribution in [1.82, 2.24) is 10.2 Å². The van der Waals surface area contributed by atoms with Crippen molar-refractivity contribution in [1.29, 1.82) is 0 Å². The molecule has 1 unspecified atom stereocenters. The number of hydrogen-bond acceptors (Lipinski definition) is 3. The van der Waals surface area contributed by atoms with E-state index in [4.69, 9.17) is 23.8 Å². The number of allylic oxidation sites excluding steroid dienone is 1. The number of anilines is 1. The summed E-state index contributed by atoms with van der Waals surface area (Å²) >= 11 is 11.6. The summed E-state index contributed by atoms with van der Waals surface area (Å²) in [5.74, 6) is -0.303. The lowest BCUT2D eigenvalue weighted by Crippen LogP contribution is -2.49. The molecule has 0 aliphatic carbocycles. The molecule has 9 heteroatoms. The molecule has 158 valence electrons. The zero-order chi connectivity index (χ0) is 22.0. The summed E-state index contributed by atoms with van der Waals surface area (Å²) < 4.78 is 30.6. The van der Waals surface area contributed by atoms with Gasteiger partial charge in [-0.05, 0) is 49.5 Å². The molecule has 0 bridgehead atoms. The van der Waals surface area contributed by atoms with Crippen molar-refractivity contribution >= 4 is 40.5 Å². The molecule has 0 radical (unpaired) electrons. The Bertz CT molecular complexity index is 996. The first-order chi connectivity index (χ1) is 14.2. The minimum absolute atomic E-state index is 0.0235. The fourth-order valence-corrected chi connectivity index (χ4v) is 3.80. The maximum absolute atomic E-state index is 13.1. The lowest BCUT2D eigenvalue weighted by molar-refractivity contribution is -0.125. The molecule has 1 aliphatic heterocycles. The molecule has 0 saturated carbocycles. The third-order valence-corrected chi connectivity index (χ3v) is 5.20. The molecule has 1 heterocycles. The third kappa shape index (κ3) is 4.39. The van der Waals surface area contributed by atoms with Crippen LogP contribution in [0.4, 0.5) is 14.5 Å². The van der Waals surface area contributed by atoms with Gasteiger partial charge < -0.3 is 15.0 Å². The normalized spacial score (nSPS) is 16.6. The van der Waals surface area contributed by atoms with Gasteiger partial charge in [-0.2, -0.15) is 8.78 Å². The van der Waals surface area contributed by atoms with Crippen LogP contribution in [0.1, 0.15) is 18.5 Å². The molecular formula is C21H20ClF2N3O2S. The SMILES string of the molecule is CC1=C(C(=O)N(C)C)C(c2ccccc2OC(F)F)NC(=S)N1c1ccc(Cl)cc1. The fourth-order valence-electron chi connectivity index (χ4n) is 3.32. The highest BCUT2D eigenvalue weighted by molar-refractivity contribution is 7.80. The minimum atomic E-state index is -3.00. The van der Waals surface area contributed by atoms with Crippen molar-refractivity contribution in [2.24, 2.45) is 0 Å². The molecule has 1 amide bonds. The number of carbonyl (C=O) groups is 1. The number of benzene rings is 2. The van der Waals surface area contributed by atoms with Crippen molar-refractivity contribution in [2.45, 2.75) is 19.6 Å². The van der Waals surface area contributed by atoms with Crippen LogP contribution < -0.4 is 15.0 Å². The topological polar surface area (TPSA) is 44.8 Å². The first-order valence-corrected chi connectivity index (χ1v) is 9.81. The Morgan fingerprint density at radius 3 is 2.43 bits per heavy atom. The van der Waals surface area contributed by atoms with Crippen LogP contribution >= 0.6 is 23.8 Å². The fraction of sp³-hybridized carbons (Fsp3) is 0.238. The molecule has 1 atom stereocenters. The Balaban J connectivity index is 2.17. The van der Waals surface area contributed by atoms with Crippen molar-refractivity contribution in [3.8, 4) is 5.75 Å². The maximum atomic E-state index is 13.1. The number of rotatable bonds is 5. The van der Waals surface area contributed by atoms with Crippen molar-refractivity contribution in [3.05, 3.63) is 70.4 Å². The van der Waals surface area contributed by atoms with Gasteiger partial charge in [-0.25, -0.2) is 0 Å². The molecule has 0 aromatic heterocycles. The quantitative estimate of drug-likeness (QED) is 0.665. The van der Waals surface area contributed by atoms with Gasteiger partial charge >= 0.3 is 6.61 Å². The molecule has 0 fully saturated rings. The molecule has 2 aromatic carbocycles. The zero-order valence-electron chi connectivity index (χ0n) is 16.5. The molecule has 1 aliphatic rings. The smallest absolute Gasteiger partial charge is 0.387 e. The summed E-state index contributed by atoms with van der Waals surface area (Å²) in [5, 5.41) is 4.01. The average molecular weight is 452 g/mol. The van der Waals surface area contributed by atoms with Crippen molar-refractivity contribution in [3.63, 3.8) is 0 Å². The number of ether oxygens (including phenoxy) is 1. The van der Waals surface area contributed by atoms with Crippen molar-refractivity contribution < 1.29 is 18.3 Å². The predicted molar refractivity (Wildman–Crippen MR) is 117 cm³/mol. The Kier molecular flexibility index (Phi) is 6.58. The summed E-state index contributed by atoms with van der Waals surface area (Å²) in [4.78, 5) is 16.3. The summed E-state index contributed by atoms with van der Waals surface area (Å²) in [6.45, 7) is -1.23. The van der Waals surface area contributed by atoms with Gasteiger partial charge in [0.05, 0.1) is 11.6 Å². The second-order valence-electron chi connectivity index (χ2n) is 6.81. The van der Waals surface area contributed by atoms with Gasteiger partial charge in [-0.1, -0.05) is 29.8 Å². The van der Waals surface area contributed by atoms with E-state index in [0.717, 1.165) is 0 Å². The third-order valence-electron chi connectivity index (χ3n) is 4.65. The number of para-hydroxylation sites is 1. The number of nitrogens with zero attached hydrogens (tertiary/aromatic N) is 2. The first-order valence-electron chi connectivity index (χ1n) is 9.03. The number of carbonyl (C=O) groups excluding carboxylic acids is 1. The van der Waals surface area contributed by atoms with Gasteiger partial charge in [-0.15, -0.1) is 0 Å². The maximum Gasteiger partial charge on any atom is 0.387 e. The van der Waals surface area contributed by atoms with E-state index < -0.39 is 12.7 Å². The molecule has 1 N–H and O–H groups in total. The van der Waals surface area contributed by atoms with Crippen LogP contribution in [0.3, 0.4) is 0 Å². The Hall–Kier alpha value is -2.71. The summed E-state index contributed by atoms with van der Waals surface area (Å²) in [6, 6.07) is 12.6. The molecule has 30 heavy (non-hydrogen) atoms. The van der Waals surface area contributed by atoms with E-state index in [1.165, 1.54) is 11.0 Å². The van der Waals surface area contributed by atoms with Crippen molar-refractivity contribution in [2.75, 3.05) is 19.0 Å². The van der Waals surface area contributed by atoms with Crippen LogP contribution in [0.15, 0.2) is 59.8 Å². The second kappa shape index (κ2) is 8.97. The number of likely N-dealkylation sites (N-methyl/N-ethyl adjacent to an activating group) is 1. The van der Waals surface area contributed by atoms with Crippen LogP contribution in [-0.2, 0) is 4.79 Å². The molecule has 0 spiro atoms. The largest absolute Gasteiger partial charge is 0.434 e. The Morgan fingerprint density at radius 1 is 1.20 bits per heavy atom. The van der Waals surface area contributed by atoms with Gasteiger partial charge in [0.2, 0.25) is 0 Å². The lowest BCUT2D eigenvalue weighted by atomic mass is 9.93. The molecule has 0 saturated heterocycles. The number of hydrogen-bond donors (Lipinski definition) is 1. The van der Waals surface area contributed by atoms with Gasteiger partial charge in [0.15, 0.2) is 5.11 Å². The highest BCUT2D eigenvalue weighted by Crippen LogP contribution is 2.38. The molecule has 2 aromatic rings. The number of halogens is 3. The van der Waals surface area contributed by atoms with Gasteiger partial charge in [0.1, 0.15) is 5.75 Å². The van der Waals surface area contributed by atoms with E-state index in [1.807, 2.05) is 0 Å². The Morgan fingerprint density at radius 2 is 1.83 bits per heavy atom.